The number of hydrogen-bond acceptors (Lipinski definition) is 16. The summed E-state index contributed by atoms with van der Waals surface area (Å²) in [6.07, 6.45) is 13.2. The molecule has 0 bridgehead atoms. The van der Waals surface area contributed by atoms with Crippen molar-refractivity contribution in [2.75, 3.05) is 146 Å². The fourth-order valence-electron chi connectivity index (χ4n) is 14.6. The molecule has 6 fully saturated rings. The van der Waals surface area contributed by atoms with Crippen LogP contribution in [-0.2, 0) is 29.7 Å². The predicted octanol–water partition coefficient (Wildman–Crippen LogP) is 25.3. The quantitative estimate of drug-likeness (QED) is 0.0493. The normalized spacial score (nSPS) is 16.7. The number of carbonyl (C=O) groups is 3. The first-order valence-corrected chi connectivity index (χ1v) is 51.4. The Bertz CT molecular complexity index is 3940. The summed E-state index contributed by atoms with van der Waals surface area (Å²) >= 11 is 1.79. The zero-order chi connectivity index (χ0) is 98.9. The maximum atomic E-state index is 12.6. The number of nitrogens with zero attached hydrogens (tertiary/aromatic N) is 8. The second-order valence-corrected chi connectivity index (χ2v) is 40.5. The van der Waals surface area contributed by atoms with Gasteiger partial charge in [0.15, 0.2) is 0 Å². The summed E-state index contributed by atoms with van der Waals surface area (Å²) in [7, 11) is 5.94. The van der Waals surface area contributed by atoms with Crippen LogP contribution >= 0.6 is 11.8 Å². The minimum Gasteiger partial charge on any atom is -0.478 e. The molecule has 0 amide bonds. The molecule has 6 heterocycles. The van der Waals surface area contributed by atoms with E-state index in [9.17, 15) is 27.4 Å². The Morgan fingerprint density at radius 3 is 1.10 bits per heavy atom. The summed E-state index contributed by atoms with van der Waals surface area (Å²) in [4.78, 5) is 55.6. The van der Waals surface area contributed by atoms with Gasteiger partial charge in [0, 0.05) is 174 Å². The standard InChI is InChI=1S/2C11H14O2.C10H12O2.C10H14OS.C10H14S.C9H16N2.C9H19NO.C9H12.C8H15F2N.C8H18N2.C8H17N.C7H15NO/c1-8(2)9-4-6-10(7-5-9)11(12)13-3;1-8(2)9-5-4-6-10(7-9)11(12)13-3;1-7(2)8-4-3-5-9(6-8)10(11)12;1-8(2)9-4-6-10(7-5-9)12(3)11;1-8(2)9-4-6-10(11-3)7-5-9;1-8(2)11-6-4-9(10-3)5-7-11;1-8(2)10-6-4-9(11-3)5-7-10;1-8(2)9-6-4-3-5-7-9;1-7(2)11-5-3-8(9,10)4-6-11;1-8(2)10-6-4-9(3)5-7-10;1-8(2)9-6-4-3-5-7-9;1-7(2)8-3-5-9-6-4-8/h2*4-8H,1-3H3;3-7H,1-2H3,(H,11,12);4-8H,1-3H3;4-8H,1-3H3;8-9H,4-7H2,1-2H3;8-9H,4-7H2,1-3H3;3-8H,1-2H3;7H,3-6H2,1-2H3;8H,4-7H2,1-3H3;8H,3-7H2,1-2H3;7H,3-6H2,1-2H3. The number of carbonyl (C=O) groups excluding carboxylic acids is 2. The van der Waals surface area contributed by atoms with Crippen molar-refractivity contribution in [3.05, 3.63) is 213 Å². The van der Waals surface area contributed by atoms with Crippen molar-refractivity contribution < 1.29 is 51.4 Å². The number of carboxylic acid groups (broad SMARTS) is 1. The fraction of sp³-hybridized carbons (Fsp3) is 0.636. The van der Waals surface area contributed by atoms with E-state index in [1.807, 2.05) is 102 Å². The molecule has 6 aromatic rings. The minimum absolute atomic E-state index is 0.0329. The van der Waals surface area contributed by atoms with E-state index in [0.29, 0.717) is 102 Å². The van der Waals surface area contributed by atoms with Crippen LogP contribution in [0.5, 0.6) is 0 Å². The number of esters is 2. The Morgan fingerprint density at radius 1 is 0.420 bits per heavy atom. The summed E-state index contributed by atoms with van der Waals surface area (Å²) in [5.41, 5.74) is 9.16. The molecule has 6 saturated heterocycles. The lowest BCUT2D eigenvalue weighted by Crippen LogP contribution is -2.47. The van der Waals surface area contributed by atoms with Crippen LogP contribution in [-0.4, -0.2) is 262 Å². The molecule has 740 valence electrons. The lowest BCUT2D eigenvalue weighted by atomic mass is 10.0. The van der Waals surface area contributed by atoms with Crippen LogP contribution in [0.3, 0.4) is 0 Å². The molecule has 0 aromatic heterocycles. The van der Waals surface area contributed by atoms with Crippen LogP contribution in [0.4, 0.5) is 8.78 Å². The van der Waals surface area contributed by atoms with Gasteiger partial charge < -0.3 is 53.4 Å². The molecule has 6 aromatic carbocycles. The van der Waals surface area contributed by atoms with E-state index in [1.54, 1.807) is 54.4 Å². The number of carboxylic acids is 1. The maximum absolute atomic E-state index is 12.6. The largest absolute Gasteiger partial charge is 0.478 e. The van der Waals surface area contributed by atoms with Crippen LogP contribution in [0, 0.1) is 6.57 Å². The maximum Gasteiger partial charge on any atom is 0.337 e. The van der Waals surface area contributed by atoms with Gasteiger partial charge in [0.25, 0.3) is 5.92 Å². The number of thioether (sulfide) groups is 1. The second kappa shape index (κ2) is 69.1. The van der Waals surface area contributed by atoms with Crippen molar-refractivity contribution in [1.29, 1.82) is 0 Å². The number of halogens is 2. The third kappa shape index (κ3) is 53.9. The molecule has 0 aliphatic carbocycles. The number of benzene rings is 6. The van der Waals surface area contributed by atoms with E-state index in [4.69, 9.17) is 21.2 Å². The van der Waals surface area contributed by atoms with Gasteiger partial charge in [-0.15, -0.1) is 11.8 Å². The van der Waals surface area contributed by atoms with Gasteiger partial charge in [0.1, 0.15) is 0 Å². The first-order valence-electron chi connectivity index (χ1n) is 48.7. The van der Waals surface area contributed by atoms with Crippen LogP contribution < -0.4 is 0 Å². The molecule has 131 heavy (non-hydrogen) atoms. The van der Waals surface area contributed by atoms with Crippen molar-refractivity contribution in [1.82, 2.24) is 34.3 Å². The zero-order valence-electron chi connectivity index (χ0n) is 87.1. The van der Waals surface area contributed by atoms with Gasteiger partial charge >= 0.3 is 17.9 Å². The van der Waals surface area contributed by atoms with Crippen LogP contribution in [0.1, 0.15) is 324 Å². The number of rotatable bonds is 18. The number of piperidine rings is 4. The third-order valence-electron chi connectivity index (χ3n) is 24.3. The van der Waals surface area contributed by atoms with E-state index in [0.717, 1.165) is 80.3 Å². The first-order chi connectivity index (χ1) is 61.8. The number of piperazine rings is 1. The van der Waals surface area contributed by atoms with Crippen molar-refractivity contribution in [3.8, 4) is 0 Å². The SMILES string of the molecule is CC(C)N1CCC(F)(F)CC1.CC(C)N1CCCCC1.CC(C)N1CCN(C)CC1.CC(C)N1CCOCC1.CC(C)c1ccc(S(C)=O)cc1.CC(C)c1cccc(C(=O)O)c1.CC(C)c1ccccc1.COC(=O)c1ccc(C(C)C)cc1.COC(=O)c1cccc(C(C)C)c1.COC1CCN(C(C)C)CC1.CSc1ccc(C(C)C)cc1.[C-]#[N+]C1CCN(C(C)C)CC1. The molecule has 1 unspecified atom stereocenters. The van der Waals surface area contributed by atoms with E-state index >= 15 is 0 Å². The average Bonchev–Trinajstić information content (AvgIpc) is 0.839. The Balaban J connectivity index is 0.000000716. The molecule has 1 atom stereocenters. The van der Waals surface area contributed by atoms with E-state index < -0.39 is 22.7 Å². The molecule has 0 saturated carbocycles. The van der Waals surface area contributed by atoms with E-state index in [2.05, 4.69) is 249 Å². The van der Waals surface area contributed by atoms with Crippen molar-refractivity contribution in [2.45, 2.75) is 324 Å². The number of aromatic carboxylic acids is 1. The highest BCUT2D eigenvalue weighted by atomic mass is 32.2. The Hall–Kier alpha value is -6.78. The van der Waals surface area contributed by atoms with Gasteiger partial charge in [0.05, 0.1) is 50.2 Å². The summed E-state index contributed by atoms with van der Waals surface area (Å²) in [6.45, 7) is 76.5. The molecular weight excluding hydrogens is 1680 g/mol. The summed E-state index contributed by atoms with van der Waals surface area (Å²) < 4.78 is 56.0. The molecule has 6 aliphatic rings. The molecule has 21 heteroatoms. The first kappa shape index (κ1) is 122. The Labute approximate surface area is 803 Å². The second-order valence-electron chi connectivity index (χ2n) is 38.2. The fourth-order valence-corrected chi connectivity index (χ4v) is 15.5. The topological polar surface area (TPSA) is 152 Å². The molecular formula is C110H180F2N8O9S2. The summed E-state index contributed by atoms with van der Waals surface area (Å²) in [5, 5.41) is 8.69. The van der Waals surface area contributed by atoms with Gasteiger partial charge in [-0.1, -0.05) is 181 Å². The Kier molecular flexibility index (Phi) is 64.5. The molecule has 6 aliphatic heterocycles. The molecule has 17 nitrogen and oxygen atoms in total. The van der Waals surface area contributed by atoms with Gasteiger partial charge in [-0.3, -0.25) is 14.0 Å². The average molecular weight is 1860 g/mol. The Morgan fingerprint density at radius 2 is 0.756 bits per heavy atom. The smallest absolute Gasteiger partial charge is 0.337 e. The van der Waals surface area contributed by atoms with Gasteiger partial charge in [-0.05, 0) is 265 Å². The lowest BCUT2D eigenvalue weighted by Gasteiger charge is -2.34. The molecule has 0 radical (unpaired) electrons. The van der Waals surface area contributed by atoms with Gasteiger partial charge in [-0.25, -0.2) is 29.7 Å². The number of likely N-dealkylation sites (N-methyl/N-ethyl adjacent to an activating group) is 1. The van der Waals surface area contributed by atoms with Crippen molar-refractivity contribution in [2.24, 2.45) is 0 Å². The molecule has 1 N–H and O–H groups in total. The number of likely N-dealkylation sites (tertiary alicyclic amines) is 4. The van der Waals surface area contributed by atoms with Crippen LogP contribution in [0.2, 0.25) is 0 Å². The number of alkyl halides is 2. The van der Waals surface area contributed by atoms with E-state index in [-0.39, 0.29) is 24.8 Å². The van der Waals surface area contributed by atoms with E-state index in [1.165, 1.54) is 126 Å². The third-order valence-corrected chi connectivity index (χ3v) is 26.0. The van der Waals surface area contributed by atoms with Crippen LogP contribution in [0.15, 0.2) is 161 Å². The number of hydrogen-bond donors (Lipinski definition) is 1. The number of methoxy groups -OCH3 is 3. The molecule has 12 rings (SSSR count). The summed E-state index contributed by atoms with van der Waals surface area (Å²) in [5.74, 6) is -0.664. The highest BCUT2D eigenvalue weighted by Crippen LogP contribution is 2.29. The number of morpholine rings is 1. The monoisotopic (exact) mass is 1860 g/mol. The van der Waals surface area contributed by atoms with Gasteiger partial charge in [-0.2, -0.15) is 0 Å². The van der Waals surface area contributed by atoms with Crippen molar-refractivity contribution in [3.63, 3.8) is 0 Å². The van der Waals surface area contributed by atoms with Crippen LogP contribution in [0.25, 0.3) is 4.85 Å². The van der Waals surface area contributed by atoms with Crippen molar-refractivity contribution >= 4 is 40.5 Å². The predicted molar refractivity (Wildman–Crippen MR) is 553 cm³/mol. The summed E-state index contributed by atoms with van der Waals surface area (Å²) in [6, 6.07) is 53.6. The highest BCUT2D eigenvalue weighted by molar-refractivity contribution is 7.98. The zero-order valence-corrected chi connectivity index (χ0v) is 88.7. The lowest BCUT2D eigenvalue weighted by molar-refractivity contribution is -0.0603. The highest BCUT2D eigenvalue weighted by Gasteiger charge is 2.34. The van der Waals surface area contributed by atoms with Gasteiger partial charge in [0.2, 0.25) is 6.04 Å². The molecule has 0 spiro atoms. The number of ether oxygens (including phenoxy) is 4. The minimum atomic E-state index is -2.40.